The summed E-state index contributed by atoms with van der Waals surface area (Å²) in [4.78, 5) is 0. The van der Waals surface area contributed by atoms with E-state index in [2.05, 4.69) is 10.6 Å². The van der Waals surface area contributed by atoms with Crippen LogP contribution in [-0.4, -0.2) is 19.1 Å². The Balaban J connectivity index is 1.86. The van der Waals surface area contributed by atoms with Crippen LogP contribution in [0, 0.1) is 5.82 Å². The van der Waals surface area contributed by atoms with Gasteiger partial charge in [0, 0.05) is 18.3 Å². The van der Waals surface area contributed by atoms with E-state index in [1.165, 1.54) is 25.3 Å². The highest BCUT2D eigenvalue weighted by atomic mass is 35.5. The Bertz CT molecular complexity index is 351. The van der Waals surface area contributed by atoms with Gasteiger partial charge in [-0.25, -0.2) is 4.39 Å². The van der Waals surface area contributed by atoms with E-state index in [1.807, 2.05) is 0 Å². The van der Waals surface area contributed by atoms with Crippen molar-refractivity contribution >= 4 is 17.3 Å². The summed E-state index contributed by atoms with van der Waals surface area (Å²) in [6.45, 7) is 1.92. The van der Waals surface area contributed by atoms with Crippen molar-refractivity contribution in [3.05, 3.63) is 29.0 Å². The van der Waals surface area contributed by atoms with Gasteiger partial charge >= 0.3 is 0 Å². The van der Waals surface area contributed by atoms with Gasteiger partial charge in [0.25, 0.3) is 0 Å². The van der Waals surface area contributed by atoms with Crippen molar-refractivity contribution in [1.29, 1.82) is 0 Å². The molecule has 1 unspecified atom stereocenters. The molecule has 2 nitrogen and oxygen atoms in total. The molecule has 2 N–H and O–H groups in total. The minimum Gasteiger partial charge on any atom is -0.383 e. The van der Waals surface area contributed by atoms with Gasteiger partial charge in [0.05, 0.1) is 5.02 Å². The molecule has 88 valence electrons. The standard InChI is InChI=1S/C12H16ClFN2/c13-11-5-4-9(7-12(11)14)16-8-10-3-1-2-6-15-10/h4-5,7,10,15-16H,1-3,6,8H2. The second kappa shape index (κ2) is 5.51. The van der Waals surface area contributed by atoms with Crippen molar-refractivity contribution in [2.75, 3.05) is 18.4 Å². The molecule has 1 saturated heterocycles. The molecular formula is C12H16ClFN2. The van der Waals surface area contributed by atoms with Gasteiger partial charge in [-0.1, -0.05) is 18.0 Å². The fourth-order valence-corrected chi connectivity index (χ4v) is 2.06. The van der Waals surface area contributed by atoms with Gasteiger partial charge in [-0.15, -0.1) is 0 Å². The minimum atomic E-state index is -0.372. The Kier molecular flexibility index (Phi) is 4.02. The molecule has 0 saturated carbocycles. The number of piperidine rings is 1. The van der Waals surface area contributed by atoms with Crippen molar-refractivity contribution in [2.45, 2.75) is 25.3 Å². The van der Waals surface area contributed by atoms with E-state index in [9.17, 15) is 4.39 Å². The Hall–Kier alpha value is -0.800. The van der Waals surface area contributed by atoms with Crippen LogP contribution in [0.3, 0.4) is 0 Å². The van der Waals surface area contributed by atoms with Crippen LogP contribution in [-0.2, 0) is 0 Å². The van der Waals surface area contributed by atoms with Gasteiger partial charge < -0.3 is 10.6 Å². The SMILES string of the molecule is Fc1cc(NCC2CCCCN2)ccc1Cl. The maximum absolute atomic E-state index is 13.2. The topological polar surface area (TPSA) is 24.1 Å². The quantitative estimate of drug-likeness (QED) is 0.852. The molecule has 0 aliphatic carbocycles. The second-order valence-corrected chi connectivity index (χ2v) is 4.56. The summed E-state index contributed by atoms with van der Waals surface area (Å²) in [6, 6.07) is 5.31. The summed E-state index contributed by atoms with van der Waals surface area (Å²) in [5, 5.41) is 6.82. The number of nitrogens with one attached hydrogen (secondary N) is 2. The van der Waals surface area contributed by atoms with Crippen LogP contribution in [0.15, 0.2) is 18.2 Å². The zero-order valence-electron chi connectivity index (χ0n) is 9.10. The lowest BCUT2D eigenvalue weighted by molar-refractivity contribution is 0.414. The van der Waals surface area contributed by atoms with Crippen molar-refractivity contribution in [3.63, 3.8) is 0 Å². The maximum atomic E-state index is 13.2. The summed E-state index contributed by atoms with van der Waals surface area (Å²) in [7, 11) is 0. The summed E-state index contributed by atoms with van der Waals surface area (Å²) < 4.78 is 13.2. The summed E-state index contributed by atoms with van der Waals surface area (Å²) in [5.41, 5.74) is 0.786. The zero-order valence-corrected chi connectivity index (χ0v) is 9.86. The predicted octanol–water partition coefficient (Wildman–Crippen LogP) is 3.03. The molecule has 1 aliphatic heterocycles. The molecule has 16 heavy (non-hydrogen) atoms. The molecular weight excluding hydrogens is 227 g/mol. The molecule has 1 aliphatic rings. The lowest BCUT2D eigenvalue weighted by Crippen LogP contribution is -2.39. The third-order valence-electron chi connectivity index (χ3n) is 2.88. The van der Waals surface area contributed by atoms with Crippen molar-refractivity contribution in [3.8, 4) is 0 Å². The van der Waals surface area contributed by atoms with Gasteiger partial charge in [0.15, 0.2) is 0 Å². The van der Waals surface area contributed by atoms with E-state index < -0.39 is 0 Å². The molecule has 1 heterocycles. The smallest absolute Gasteiger partial charge is 0.143 e. The first kappa shape index (κ1) is 11.7. The molecule has 0 amide bonds. The minimum absolute atomic E-state index is 0.168. The number of hydrogen-bond acceptors (Lipinski definition) is 2. The fourth-order valence-electron chi connectivity index (χ4n) is 1.95. The maximum Gasteiger partial charge on any atom is 0.143 e. The first-order valence-electron chi connectivity index (χ1n) is 5.68. The van der Waals surface area contributed by atoms with Crippen LogP contribution >= 0.6 is 11.6 Å². The van der Waals surface area contributed by atoms with E-state index in [4.69, 9.17) is 11.6 Å². The highest BCUT2D eigenvalue weighted by molar-refractivity contribution is 6.30. The Labute approximate surface area is 100 Å². The highest BCUT2D eigenvalue weighted by Gasteiger charge is 2.11. The van der Waals surface area contributed by atoms with E-state index in [-0.39, 0.29) is 10.8 Å². The first-order chi connectivity index (χ1) is 7.75. The summed E-state index contributed by atoms with van der Waals surface area (Å²) in [6.07, 6.45) is 3.71. The lowest BCUT2D eigenvalue weighted by atomic mass is 10.1. The average Bonchev–Trinajstić information content (AvgIpc) is 2.32. The average molecular weight is 243 g/mol. The number of hydrogen-bond donors (Lipinski definition) is 2. The first-order valence-corrected chi connectivity index (χ1v) is 6.06. The molecule has 0 bridgehead atoms. The number of rotatable bonds is 3. The van der Waals surface area contributed by atoms with E-state index >= 15 is 0 Å². The molecule has 1 aromatic rings. The highest BCUT2D eigenvalue weighted by Crippen LogP contribution is 2.19. The van der Waals surface area contributed by atoms with Crippen LogP contribution < -0.4 is 10.6 Å². The van der Waals surface area contributed by atoms with Crippen LogP contribution in [0.4, 0.5) is 10.1 Å². The Morgan fingerprint density at radius 2 is 2.31 bits per heavy atom. The molecule has 0 radical (unpaired) electrons. The molecule has 1 atom stereocenters. The zero-order chi connectivity index (χ0) is 11.4. The number of anilines is 1. The summed E-state index contributed by atoms with van der Waals surface area (Å²) >= 11 is 5.61. The van der Waals surface area contributed by atoms with Crippen LogP contribution in [0.2, 0.25) is 5.02 Å². The van der Waals surface area contributed by atoms with Gasteiger partial charge in [0.2, 0.25) is 0 Å². The van der Waals surface area contributed by atoms with E-state index in [0.717, 1.165) is 18.8 Å². The fraction of sp³-hybridized carbons (Fsp3) is 0.500. The predicted molar refractivity (Wildman–Crippen MR) is 65.5 cm³/mol. The molecule has 0 aromatic heterocycles. The molecule has 4 heteroatoms. The van der Waals surface area contributed by atoms with Gasteiger partial charge in [0.1, 0.15) is 5.82 Å². The van der Waals surface area contributed by atoms with E-state index in [1.54, 1.807) is 12.1 Å². The molecule has 1 fully saturated rings. The van der Waals surface area contributed by atoms with Gasteiger partial charge in [-0.2, -0.15) is 0 Å². The number of halogens is 2. The van der Waals surface area contributed by atoms with E-state index in [0.29, 0.717) is 6.04 Å². The Morgan fingerprint density at radius 1 is 1.44 bits per heavy atom. The van der Waals surface area contributed by atoms with Crippen molar-refractivity contribution in [2.24, 2.45) is 0 Å². The largest absolute Gasteiger partial charge is 0.383 e. The third-order valence-corrected chi connectivity index (χ3v) is 3.19. The molecule has 0 spiro atoms. The van der Waals surface area contributed by atoms with Crippen LogP contribution in [0.1, 0.15) is 19.3 Å². The van der Waals surface area contributed by atoms with Crippen LogP contribution in [0.25, 0.3) is 0 Å². The van der Waals surface area contributed by atoms with Gasteiger partial charge in [-0.3, -0.25) is 0 Å². The Morgan fingerprint density at radius 3 is 3.00 bits per heavy atom. The molecule has 1 aromatic carbocycles. The molecule has 2 rings (SSSR count). The normalized spacial score (nSPS) is 20.8. The van der Waals surface area contributed by atoms with Crippen LogP contribution in [0.5, 0.6) is 0 Å². The monoisotopic (exact) mass is 242 g/mol. The van der Waals surface area contributed by atoms with Crippen molar-refractivity contribution < 1.29 is 4.39 Å². The second-order valence-electron chi connectivity index (χ2n) is 4.16. The summed E-state index contributed by atoms with van der Waals surface area (Å²) in [5.74, 6) is -0.372. The third kappa shape index (κ3) is 3.09. The number of benzene rings is 1. The lowest BCUT2D eigenvalue weighted by Gasteiger charge is -2.24. The van der Waals surface area contributed by atoms with Crippen molar-refractivity contribution in [1.82, 2.24) is 5.32 Å². The van der Waals surface area contributed by atoms with Gasteiger partial charge in [-0.05, 0) is 37.6 Å².